The zero-order chi connectivity index (χ0) is 12.3. The lowest BCUT2D eigenvalue weighted by Crippen LogP contribution is -2.04. The molecule has 2 saturated carbocycles. The highest BCUT2D eigenvalue weighted by molar-refractivity contribution is 5.03. The molecule has 100 valence electrons. The van der Waals surface area contributed by atoms with Crippen LogP contribution in [-0.2, 0) is 0 Å². The molecule has 0 N–H and O–H groups in total. The van der Waals surface area contributed by atoms with Crippen LogP contribution in [0.5, 0.6) is 0 Å². The molecule has 0 aromatic heterocycles. The first-order valence-electron chi connectivity index (χ1n) is 8.12. The molecule has 0 heterocycles. The molecule has 17 heavy (non-hydrogen) atoms. The van der Waals surface area contributed by atoms with Crippen LogP contribution >= 0.6 is 0 Å². The van der Waals surface area contributed by atoms with Gasteiger partial charge in [0.1, 0.15) is 0 Å². The van der Waals surface area contributed by atoms with E-state index in [9.17, 15) is 0 Å². The lowest BCUT2D eigenvalue weighted by Gasteiger charge is -2.16. The average Bonchev–Trinajstić information content (AvgIpc) is 3.12. The zero-order valence-electron chi connectivity index (χ0n) is 12.3. The minimum Gasteiger partial charge on any atom is -0.0628 e. The third kappa shape index (κ3) is 4.30. The molecule has 2 aliphatic rings. The molecule has 1 unspecified atom stereocenters. The van der Waals surface area contributed by atoms with Gasteiger partial charge in [0.15, 0.2) is 0 Å². The summed E-state index contributed by atoms with van der Waals surface area (Å²) < 4.78 is 0. The maximum Gasteiger partial charge on any atom is -0.0269 e. The molecular formula is C17H32. The van der Waals surface area contributed by atoms with Gasteiger partial charge in [0.2, 0.25) is 0 Å². The van der Waals surface area contributed by atoms with Gasteiger partial charge < -0.3 is 0 Å². The molecule has 0 nitrogen and oxygen atoms in total. The van der Waals surface area contributed by atoms with E-state index in [4.69, 9.17) is 0 Å². The van der Waals surface area contributed by atoms with E-state index in [0.717, 1.165) is 17.3 Å². The molecule has 0 amide bonds. The van der Waals surface area contributed by atoms with E-state index in [1.807, 2.05) is 0 Å². The van der Waals surface area contributed by atoms with Crippen LogP contribution in [0, 0.1) is 23.2 Å². The van der Waals surface area contributed by atoms with Crippen molar-refractivity contribution < 1.29 is 0 Å². The van der Waals surface area contributed by atoms with Crippen molar-refractivity contribution >= 4 is 0 Å². The van der Waals surface area contributed by atoms with E-state index in [1.54, 1.807) is 32.1 Å². The highest BCUT2D eigenvalue weighted by Crippen LogP contribution is 2.63. The third-order valence-corrected chi connectivity index (χ3v) is 5.19. The van der Waals surface area contributed by atoms with Crippen molar-refractivity contribution in [1.82, 2.24) is 0 Å². The van der Waals surface area contributed by atoms with Gasteiger partial charge in [-0.1, -0.05) is 52.9 Å². The SMILES string of the molecule is CC(C)CCCC(C)CCCC1(C2CC2)CC1. The Morgan fingerprint density at radius 1 is 0.941 bits per heavy atom. The van der Waals surface area contributed by atoms with Crippen molar-refractivity contribution in [1.29, 1.82) is 0 Å². The number of rotatable bonds is 9. The van der Waals surface area contributed by atoms with Gasteiger partial charge in [0.25, 0.3) is 0 Å². The topological polar surface area (TPSA) is 0 Å². The highest BCUT2D eigenvalue weighted by atomic mass is 14.6. The van der Waals surface area contributed by atoms with E-state index in [2.05, 4.69) is 20.8 Å². The second-order valence-corrected chi connectivity index (χ2v) is 7.46. The minimum atomic E-state index is 0.887. The van der Waals surface area contributed by atoms with Crippen LogP contribution in [0.15, 0.2) is 0 Å². The minimum absolute atomic E-state index is 0.887. The smallest absolute Gasteiger partial charge is 0.0269 e. The molecule has 0 radical (unpaired) electrons. The Morgan fingerprint density at radius 3 is 2.12 bits per heavy atom. The first-order chi connectivity index (χ1) is 8.12. The fourth-order valence-electron chi connectivity index (χ4n) is 3.54. The molecule has 0 heteroatoms. The summed E-state index contributed by atoms with van der Waals surface area (Å²) in [5.74, 6) is 3.04. The van der Waals surface area contributed by atoms with Crippen LogP contribution in [0.1, 0.15) is 85.0 Å². The summed E-state index contributed by atoms with van der Waals surface area (Å²) in [7, 11) is 0. The van der Waals surface area contributed by atoms with E-state index < -0.39 is 0 Å². The molecule has 0 spiro atoms. The molecule has 2 rings (SSSR count). The summed E-state index contributed by atoms with van der Waals surface area (Å²) in [5.41, 5.74) is 0.887. The predicted molar refractivity (Wildman–Crippen MR) is 76.1 cm³/mol. The Hall–Kier alpha value is 0. The summed E-state index contributed by atoms with van der Waals surface area (Å²) in [4.78, 5) is 0. The van der Waals surface area contributed by atoms with E-state index in [1.165, 1.54) is 38.0 Å². The van der Waals surface area contributed by atoms with Gasteiger partial charge in [-0.3, -0.25) is 0 Å². The predicted octanol–water partition coefficient (Wildman–Crippen LogP) is 5.81. The van der Waals surface area contributed by atoms with Crippen molar-refractivity contribution in [2.45, 2.75) is 85.0 Å². The van der Waals surface area contributed by atoms with Crippen LogP contribution in [0.2, 0.25) is 0 Å². The Labute approximate surface area is 109 Å². The van der Waals surface area contributed by atoms with Gasteiger partial charge in [0.05, 0.1) is 0 Å². The summed E-state index contributed by atoms with van der Waals surface area (Å²) in [6.07, 6.45) is 15.2. The summed E-state index contributed by atoms with van der Waals surface area (Å²) in [6, 6.07) is 0. The van der Waals surface area contributed by atoms with Crippen molar-refractivity contribution in [3.05, 3.63) is 0 Å². The molecule has 2 fully saturated rings. The van der Waals surface area contributed by atoms with Gasteiger partial charge in [0, 0.05) is 0 Å². The quantitative estimate of drug-likeness (QED) is 0.474. The first kappa shape index (κ1) is 13.4. The average molecular weight is 236 g/mol. The van der Waals surface area contributed by atoms with Crippen LogP contribution in [0.4, 0.5) is 0 Å². The lowest BCUT2D eigenvalue weighted by atomic mass is 9.89. The van der Waals surface area contributed by atoms with Crippen LogP contribution < -0.4 is 0 Å². The Balaban J connectivity index is 1.49. The maximum absolute atomic E-state index is 2.47. The van der Waals surface area contributed by atoms with Crippen LogP contribution in [0.3, 0.4) is 0 Å². The van der Waals surface area contributed by atoms with Crippen LogP contribution in [0.25, 0.3) is 0 Å². The molecule has 0 aromatic carbocycles. The summed E-state index contributed by atoms with van der Waals surface area (Å²) in [6.45, 7) is 7.16. The summed E-state index contributed by atoms with van der Waals surface area (Å²) >= 11 is 0. The Bertz CT molecular complexity index is 220. The first-order valence-corrected chi connectivity index (χ1v) is 8.12. The van der Waals surface area contributed by atoms with E-state index in [-0.39, 0.29) is 0 Å². The molecule has 0 bridgehead atoms. The largest absolute Gasteiger partial charge is 0.0628 e. The second kappa shape index (κ2) is 5.76. The fourth-order valence-corrected chi connectivity index (χ4v) is 3.54. The normalized spacial score (nSPS) is 24.0. The van der Waals surface area contributed by atoms with Crippen molar-refractivity contribution in [3.63, 3.8) is 0 Å². The second-order valence-electron chi connectivity index (χ2n) is 7.46. The van der Waals surface area contributed by atoms with Gasteiger partial charge in [-0.25, -0.2) is 0 Å². The van der Waals surface area contributed by atoms with Gasteiger partial charge in [-0.15, -0.1) is 0 Å². The molecular weight excluding hydrogens is 204 g/mol. The number of hydrogen-bond acceptors (Lipinski definition) is 0. The van der Waals surface area contributed by atoms with Crippen LogP contribution in [-0.4, -0.2) is 0 Å². The van der Waals surface area contributed by atoms with E-state index >= 15 is 0 Å². The van der Waals surface area contributed by atoms with Gasteiger partial charge in [-0.05, 0) is 55.3 Å². The Kier molecular flexibility index (Phi) is 4.55. The molecule has 0 saturated heterocycles. The van der Waals surface area contributed by atoms with Crippen molar-refractivity contribution in [3.8, 4) is 0 Å². The monoisotopic (exact) mass is 236 g/mol. The fraction of sp³-hybridized carbons (Fsp3) is 1.00. The molecule has 2 aliphatic carbocycles. The third-order valence-electron chi connectivity index (χ3n) is 5.19. The van der Waals surface area contributed by atoms with Crippen molar-refractivity contribution in [2.24, 2.45) is 23.2 Å². The Morgan fingerprint density at radius 2 is 1.59 bits per heavy atom. The van der Waals surface area contributed by atoms with Crippen molar-refractivity contribution in [2.75, 3.05) is 0 Å². The standard InChI is InChI=1S/C17H32/c1-14(2)6-4-7-15(3)8-5-11-17(12-13-17)16-9-10-16/h14-16H,4-13H2,1-3H3. The van der Waals surface area contributed by atoms with Gasteiger partial charge >= 0.3 is 0 Å². The van der Waals surface area contributed by atoms with E-state index in [0.29, 0.717) is 0 Å². The number of hydrogen-bond donors (Lipinski definition) is 0. The summed E-state index contributed by atoms with van der Waals surface area (Å²) in [5, 5.41) is 0. The molecule has 0 aromatic rings. The molecule has 1 atom stereocenters. The molecule has 0 aliphatic heterocycles. The zero-order valence-corrected chi connectivity index (χ0v) is 12.3. The highest BCUT2D eigenvalue weighted by Gasteiger charge is 2.52. The van der Waals surface area contributed by atoms with Gasteiger partial charge in [-0.2, -0.15) is 0 Å². The lowest BCUT2D eigenvalue weighted by molar-refractivity contribution is 0.353. The maximum atomic E-state index is 2.47.